The lowest BCUT2D eigenvalue weighted by atomic mass is 10.1. The van der Waals surface area contributed by atoms with Gasteiger partial charge in [-0.05, 0) is 29.8 Å². The van der Waals surface area contributed by atoms with Gasteiger partial charge in [0, 0.05) is 18.3 Å². The van der Waals surface area contributed by atoms with Gasteiger partial charge in [0.2, 0.25) is 11.8 Å². The van der Waals surface area contributed by atoms with Crippen LogP contribution < -0.4 is 27.2 Å². The number of nitrogens with zero attached hydrogens (tertiary/aromatic N) is 2. The van der Waals surface area contributed by atoms with E-state index < -0.39 is 0 Å². The fourth-order valence-electron chi connectivity index (χ4n) is 2.53. The first-order valence-electron chi connectivity index (χ1n) is 8.85. The number of amides is 2. The molecule has 9 heteroatoms. The number of carbonyl (C=O) groups is 2. The second-order valence-corrected chi connectivity index (χ2v) is 6.20. The predicted octanol–water partition coefficient (Wildman–Crippen LogP) is 2.45. The highest BCUT2D eigenvalue weighted by Gasteiger charge is 2.10. The van der Waals surface area contributed by atoms with Crippen molar-refractivity contribution in [1.82, 2.24) is 15.4 Å². The molecule has 3 aromatic rings. The van der Waals surface area contributed by atoms with E-state index in [-0.39, 0.29) is 29.7 Å². The van der Waals surface area contributed by atoms with Crippen LogP contribution in [-0.2, 0) is 16.0 Å². The third-order valence-electron chi connectivity index (χ3n) is 3.88. The van der Waals surface area contributed by atoms with Crippen LogP contribution in [0.2, 0.25) is 0 Å². The minimum atomic E-state index is -0.225. The molecule has 0 unspecified atom stereocenters. The zero-order valence-electron chi connectivity index (χ0n) is 15.8. The monoisotopic (exact) mass is 391 g/mol. The largest absolute Gasteiger partial charge is 0.393 e. The van der Waals surface area contributed by atoms with Gasteiger partial charge in [0.05, 0.1) is 6.42 Å². The molecule has 1 heterocycles. The summed E-state index contributed by atoms with van der Waals surface area (Å²) in [5.41, 5.74) is 14.0. The van der Waals surface area contributed by atoms with Gasteiger partial charge in [-0.1, -0.05) is 30.3 Å². The SMILES string of the molecule is CC(=O)Nc1ccc(Nc2ncnc(NNC(=O)Cc3ccccc3)c2N)cc1. The fraction of sp³-hybridized carbons (Fsp3) is 0.100. The lowest BCUT2D eigenvalue weighted by Gasteiger charge is -2.13. The Kier molecular flexibility index (Phi) is 6.21. The normalized spacial score (nSPS) is 10.1. The van der Waals surface area contributed by atoms with Crippen LogP contribution in [0.4, 0.5) is 28.7 Å². The molecule has 0 saturated carbocycles. The number of hydrazine groups is 1. The molecule has 0 radical (unpaired) electrons. The maximum atomic E-state index is 12.1. The van der Waals surface area contributed by atoms with Gasteiger partial charge in [0.1, 0.15) is 12.0 Å². The van der Waals surface area contributed by atoms with Crippen LogP contribution in [-0.4, -0.2) is 21.8 Å². The average molecular weight is 391 g/mol. The summed E-state index contributed by atoms with van der Waals surface area (Å²) >= 11 is 0. The fourth-order valence-corrected chi connectivity index (χ4v) is 2.53. The Morgan fingerprint density at radius 3 is 2.28 bits per heavy atom. The zero-order chi connectivity index (χ0) is 20.6. The van der Waals surface area contributed by atoms with Crippen molar-refractivity contribution in [3.63, 3.8) is 0 Å². The summed E-state index contributed by atoms with van der Waals surface area (Å²) in [4.78, 5) is 31.4. The second kappa shape index (κ2) is 9.18. The van der Waals surface area contributed by atoms with Crippen molar-refractivity contribution in [3.05, 3.63) is 66.5 Å². The number of nitrogens with one attached hydrogen (secondary N) is 4. The Morgan fingerprint density at radius 1 is 0.931 bits per heavy atom. The van der Waals surface area contributed by atoms with Crippen molar-refractivity contribution in [1.29, 1.82) is 0 Å². The molecule has 29 heavy (non-hydrogen) atoms. The summed E-state index contributed by atoms with van der Waals surface area (Å²) in [6.07, 6.45) is 1.56. The number of rotatable bonds is 7. The lowest BCUT2D eigenvalue weighted by Crippen LogP contribution is -2.31. The van der Waals surface area contributed by atoms with Gasteiger partial charge in [-0.3, -0.25) is 20.4 Å². The minimum Gasteiger partial charge on any atom is -0.393 e. The molecular weight excluding hydrogens is 370 g/mol. The van der Waals surface area contributed by atoms with Crippen molar-refractivity contribution in [3.8, 4) is 0 Å². The van der Waals surface area contributed by atoms with Gasteiger partial charge in [-0.15, -0.1) is 0 Å². The minimum absolute atomic E-state index is 0.143. The van der Waals surface area contributed by atoms with E-state index in [1.54, 1.807) is 24.3 Å². The first kappa shape index (κ1) is 19.6. The Hall–Kier alpha value is -4.14. The van der Waals surface area contributed by atoms with E-state index in [0.29, 0.717) is 11.5 Å². The first-order valence-corrected chi connectivity index (χ1v) is 8.85. The Bertz CT molecular complexity index is 991. The molecule has 0 aliphatic rings. The number of aromatic nitrogens is 2. The lowest BCUT2D eigenvalue weighted by molar-refractivity contribution is -0.120. The molecule has 6 N–H and O–H groups in total. The molecule has 9 nitrogen and oxygen atoms in total. The first-order chi connectivity index (χ1) is 14.0. The Labute approximate surface area is 167 Å². The van der Waals surface area contributed by atoms with E-state index in [1.807, 2.05) is 30.3 Å². The molecule has 1 aromatic heterocycles. The van der Waals surface area contributed by atoms with Crippen LogP contribution in [0.1, 0.15) is 12.5 Å². The average Bonchev–Trinajstić information content (AvgIpc) is 2.70. The number of hydrogen-bond donors (Lipinski definition) is 5. The van der Waals surface area contributed by atoms with Crippen LogP contribution in [0.15, 0.2) is 60.9 Å². The molecule has 2 amide bonds. The molecule has 0 aliphatic heterocycles. The third kappa shape index (κ3) is 5.67. The second-order valence-electron chi connectivity index (χ2n) is 6.20. The third-order valence-corrected chi connectivity index (χ3v) is 3.88. The number of benzene rings is 2. The summed E-state index contributed by atoms with van der Waals surface area (Å²) in [6.45, 7) is 1.45. The maximum Gasteiger partial charge on any atom is 0.242 e. The summed E-state index contributed by atoms with van der Waals surface area (Å²) in [5.74, 6) is 0.291. The van der Waals surface area contributed by atoms with E-state index in [0.717, 1.165) is 11.3 Å². The summed E-state index contributed by atoms with van der Waals surface area (Å²) in [6, 6.07) is 16.5. The van der Waals surface area contributed by atoms with Crippen molar-refractivity contribution < 1.29 is 9.59 Å². The molecule has 2 aromatic carbocycles. The molecule has 0 saturated heterocycles. The maximum absolute atomic E-state index is 12.1. The molecule has 0 aliphatic carbocycles. The van der Waals surface area contributed by atoms with Gasteiger partial charge >= 0.3 is 0 Å². The summed E-state index contributed by atoms with van der Waals surface area (Å²) in [7, 11) is 0. The highest BCUT2D eigenvalue weighted by atomic mass is 16.2. The molecular formula is C20H21N7O2. The smallest absolute Gasteiger partial charge is 0.242 e. The molecule has 0 bridgehead atoms. The van der Waals surface area contributed by atoms with E-state index in [4.69, 9.17) is 5.73 Å². The standard InChI is InChI=1S/C20H21N7O2/c1-13(28)24-15-7-9-16(10-8-15)25-19-18(21)20(23-12-22-19)27-26-17(29)11-14-5-3-2-4-6-14/h2-10,12H,11,21H2,1H3,(H,24,28)(H,26,29)(H2,22,23,25,27). The topological polar surface area (TPSA) is 134 Å². The van der Waals surface area contributed by atoms with Crippen molar-refractivity contribution in [2.45, 2.75) is 13.3 Å². The summed E-state index contributed by atoms with van der Waals surface area (Å²) in [5, 5.41) is 5.77. The van der Waals surface area contributed by atoms with E-state index >= 15 is 0 Å². The van der Waals surface area contributed by atoms with Crippen LogP contribution in [0.3, 0.4) is 0 Å². The summed E-state index contributed by atoms with van der Waals surface area (Å²) < 4.78 is 0. The number of nitrogens with two attached hydrogens (primary N) is 1. The van der Waals surface area contributed by atoms with E-state index in [2.05, 4.69) is 31.5 Å². The Morgan fingerprint density at radius 2 is 1.59 bits per heavy atom. The van der Waals surface area contributed by atoms with Crippen LogP contribution in [0, 0.1) is 0 Å². The zero-order valence-corrected chi connectivity index (χ0v) is 15.8. The van der Waals surface area contributed by atoms with Crippen molar-refractivity contribution >= 4 is 40.5 Å². The van der Waals surface area contributed by atoms with Crippen LogP contribution >= 0.6 is 0 Å². The van der Waals surface area contributed by atoms with Gasteiger partial charge in [-0.2, -0.15) is 0 Å². The molecule has 148 valence electrons. The van der Waals surface area contributed by atoms with Crippen molar-refractivity contribution in [2.75, 3.05) is 21.8 Å². The number of nitrogen functional groups attached to an aromatic ring is 1. The number of carbonyl (C=O) groups excluding carboxylic acids is 2. The molecule has 0 fully saturated rings. The van der Waals surface area contributed by atoms with E-state index in [9.17, 15) is 9.59 Å². The Balaban J connectivity index is 1.61. The van der Waals surface area contributed by atoms with Gasteiger partial charge in [0.15, 0.2) is 11.6 Å². The van der Waals surface area contributed by atoms with Gasteiger partial charge in [0.25, 0.3) is 0 Å². The molecule has 0 atom stereocenters. The highest BCUT2D eigenvalue weighted by molar-refractivity contribution is 5.89. The van der Waals surface area contributed by atoms with Gasteiger partial charge < -0.3 is 16.4 Å². The molecule has 3 rings (SSSR count). The number of hydrogen-bond acceptors (Lipinski definition) is 7. The highest BCUT2D eigenvalue weighted by Crippen LogP contribution is 2.26. The molecule has 0 spiro atoms. The van der Waals surface area contributed by atoms with Crippen LogP contribution in [0.5, 0.6) is 0 Å². The quantitative estimate of drug-likeness (QED) is 0.391. The van der Waals surface area contributed by atoms with Gasteiger partial charge in [-0.25, -0.2) is 9.97 Å². The van der Waals surface area contributed by atoms with Crippen molar-refractivity contribution in [2.24, 2.45) is 0 Å². The van der Waals surface area contributed by atoms with E-state index in [1.165, 1.54) is 13.3 Å². The van der Waals surface area contributed by atoms with Crippen LogP contribution in [0.25, 0.3) is 0 Å². The predicted molar refractivity (Wildman–Crippen MR) is 112 cm³/mol. The number of anilines is 5.